The van der Waals surface area contributed by atoms with Crippen LogP contribution in [0.4, 0.5) is 0 Å². The monoisotopic (exact) mass is 324 g/mol. The molecule has 134 valence electrons. The molecule has 1 unspecified atom stereocenters. The Morgan fingerprint density at radius 2 is 1.91 bits per heavy atom. The van der Waals surface area contributed by atoms with Gasteiger partial charge in [0.15, 0.2) is 5.96 Å². The summed E-state index contributed by atoms with van der Waals surface area (Å²) in [6.45, 7) is 16.1. The number of guanidine groups is 1. The highest BCUT2D eigenvalue weighted by Crippen LogP contribution is 2.18. The molecular formula is C18H36N4O. The maximum Gasteiger partial charge on any atom is 0.193 e. The molecule has 0 amide bonds. The van der Waals surface area contributed by atoms with Crippen molar-refractivity contribution in [3.8, 4) is 0 Å². The number of aliphatic imine (C=N–C) groups is 1. The Kier molecular flexibility index (Phi) is 8.17. The predicted molar refractivity (Wildman–Crippen MR) is 97.0 cm³/mol. The summed E-state index contributed by atoms with van der Waals surface area (Å²) in [6.07, 6.45) is 3.73. The molecule has 2 aliphatic heterocycles. The summed E-state index contributed by atoms with van der Waals surface area (Å²) < 4.78 is 5.45. The van der Waals surface area contributed by atoms with Crippen LogP contribution in [-0.2, 0) is 4.74 Å². The van der Waals surface area contributed by atoms with Crippen molar-refractivity contribution in [3.05, 3.63) is 0 Å². The molecule has 2 fully saturated rings. The maximum absolute atomic E-state index is 5.45. The second-order valence-corrected chi connectivity index (χ2v) is 6.89. The summed E-state index contributed by atoms with van der Waals surface area (Å²) in [5.74, 6) is 2.62. The van der Waals surface area contributed by atoms with Gasteiger partial charge in [0.05, 0.1) is 13.2 Å². The lowest BCUT2D eigenvalue weighted by Crippen LogP contribution is -2.42. The molecule has 0 aromatic carbocycles. The van der Waals surface area contributed by atoms with Crippen LogP contribution < -0.4 is 5.32 Å². The molecule has 2 aliphatic rings. The molecule has 1 atom stereocenters. The highest BCUT2D eigenvalue weighted by molar-refractivity contribution is 5.80. The highest BCUT2D eigenvalue weighted by Gasteiger charge is 2.27. The van der Waals surface area contributed by atoms with Crippen molar-refractivity contribution in [3.63, 3.8) is 0 Å². The van der Waals surface area contributed by atoms with Gasteiger partial charge in [0.1, 0.15) is 0 Å². The molecule has 0 radical (unpaired) electrons. The summed E-state index contributed by atoms with van der Waals surface area (Å²) >= 11 is 0. The molecule has 0 aromatic heterocycles. The van der Waals surface area contributed by atoms with Gasteiger partial charge in [-0.15, -0.1) is 0 Å². The average molecular weight is 325 g/mol. The number of ether oxygens (including phenoxy) is 1. The maximum atomic E-state index is 5.45. The van der Waals surface area contributed by atoms with Gasteiger partial charge in [-0.2, -0.15) is 0 Å². The third-order valence-electron chi connectivity index (χ3n) is 5.19. The van der Waals surface area contributed by atoms with Crippen LogP contribution in [0.15, 0.2) is 4.99 Å². The van der Waals surface area contributed by atoms with E-state index in [1.165, 1.54) is 25.8 Å². The van der Waals surface area contributed by atoms with Crippen LogP contribution in [0, 0.1) is 11.8 Å². The highest BCUT2D eigenvalue weighted by atomic mass is 16.5. The van der Waals surface area contributed by atoms with E-state index in [0.29, 0.717) is 0 Å². The molecule has 0 aromatic rings. The SMILES string of the molecule is CCNC(=NCC(CC)CC)N1CCC(CN2CCOCC2)C1. The van der Waals surface area contributed by atoms with Gasteiger partial charge in [0.25, 0.3) is 0 Å². The fraction of sp³-hybridized carbons (Fsp3) is 0.944. The Hall–Kier alpha value is -0.810. The zero-order valence-electron chi connectivity index (χ0n) is 15.4. The first-order chi connectivity index (χ1) is 11.3. The fourth-order valence-corrected chi connectivity index (χ4v) is 3.51. The first-order valence-electron chi connectivity index (χ1n) is 9.60. The number of morpholine rings is 1. The van der Waals surface area contributed by atoms with Crippen molar-refractivity contribution in [2.24, 2.45) is 16.8 Å². The summed E-state index contributed by atoms with van der Waals surface area (Å²) in [5, 5.41) is 3.49. The third kappa shape index (κ3) is 5.96. The second kappa shape index (κ2) is 10.1. The lowest BCUT2D eigenvalue weighted by atomic mass is 10.0. The number of nitrogens with zero attached hydrogens (tertiary/aromatic N) is 3. The second-order valence-electron chi connectivity index (χ2n) is 6.89. The molecule has 0 spiro atoms. The number of hydrogen-bond donors (Lipinski definition) is 1. The van der Waals surface area contributed by atoms with Crippen LogP contribution in [0.3, 0.4) is 0 Å². The summed E-state index contributed by atoms with van der Waals surface area (Å²) in [6, 6.07) is 0. The van der Waals surface area contributed by atoms with Gasteiger partial charge in [-0.3, -0.25) is 9.89 Å². The first-order valence-corrected chi connectivity index (χ1v) is 9.60. The standard InChI is InChI=1S/C18H36N4O/c1-4-16(5-2)13-20-18(19-6-3)22-8-7-17(15-22)14-21-9-11-23-12-10-21/h16-17H,4-15H2,1-3H3,(H,19,20). The van der Waals surface area contributed by atoms with E-state index in [-0.39, 0.29) is 0 Å². The molecule has 2 rings (SSSR count). The molecule has 1 N–H and O–H groups in total. The van der Waals surface area contributed by atoms with Gasteiger partial charge in [0, 0.05) is 45.8 Å². The van der Waals surface area contributed by atoms with Gasteiger partial charge in [-0.1, -0.05) is 26.7 Å². The quantitative estimate of drug-likeness (QED) is 0.575. The molecule has 0 aliphatic carbocycles. The Labute approximate surface area is 142 Å². The van der Waals surface area contributed by atoms with Crippen molar-refractivity contribution in [1.82, 2.24) is 15.1 Å². The molecular weight excluding hydrogens is 288 g/mol. The van der Waals surface area contributed by atoms with E-state index in [0.717, 1.165) is 70.3 Å². The Morgan fingerprint density at radius 1 is 1.17 bits per heavy atom. The van der Waals surface area contributed by atoms with Gasteiger partial charge in [0.2, 0.25) is 0 Å². The van der Waals surface area contributed by atoms with E-state index >= 15 is 0 Å². The molecule has 5 nitrogen and oxygen atoms in total. The van der Waals surface area contributed by atoms with Gasteiger partial charge < -0.3 is 15.0 Å². The Morgan fingerprint density at radius 3 is 2.57 bits per heavy atom. The van der Waals surface area contributed by atoms with E-state index in [2.05, 4.69) is 35.9 Å². The average Bonchev–Trinajstić information content (AvgIpc) is 3.04. The Bertz CT molecular complexity index is 351. The smallest absolute Gasteiger partial charge is 0.193 e. The Balaban J connectivity index is 1.84. The normalized spacial score (nSPS) is 23.7. The van der Waals surface area contributed by atoms with Gasteiger partial charge in [-0.05, 0) is 25.2 Å². The lowest BCUT2D eigenvalue weighted by Gasteiger charge is -2.29. The largest absolute Gasteiger partial charge is 0.379 e. The minimum atomic E-state index is 0.718. The number of hydrogen-bond acceptors (Lipinski definition) is 3. The van der Waals surface area contributed by atoms with E-state index < -0.39 is 0 Å². The lowest BCUT2D eigenvalue weighted by molar-refractivity contribution is 0.0315. The van der Waals surface area contributed by atoms with Crippen LogP contribution in [0.25, 0.3) is 0 Å². The molecule has 2 saturated heterocycles. The van der Waals surface area contributed by atoms with Crippen molar-refractivity contribution in [2.45, 2.75) is 40.0 Å². The number of rotatable bonds is 7. The van der Waals surface area contributed by atoms with Crippen LogP contribution in [0.5, 0.6) is 0 Å². The minimum Gasteiger partial charge on any atom is -0.379 e. The molecule has 23 heavy (non-hydrogen) atoms. The van der Waals surface area contributed by atoms with Crippen LogP contribution in [0.1, 0.15) is 40.0 Å². The number of nitrogens with one attached hydrogen (secondary N) is 1. The zero-order chi connectivity index (χ0) is 16.5. The third-order valence-corrected chi connectivity index (χ3v) is 5.19. The van der Waals surface area contributed by atoms with Gasteiger partial charge >= 0.3 is 0 Å². The van der Waals surface area contributed by atoms with Crippen molar-refractivity contribution in [2.75, 3.05) is 59.0 Å². The van der Waals surface area contributed by atoms with Crippen molar-refractivity contribution < 1.29 is 4.74 Å². The first kappa shape index (κ1) is 18.5. The summed E-state index contributed by atoms with van der Waals surface area (Å²) in [5.41, 5.74) is 0. The summed E-state index contributed by atoms with van der Waals surface area (Å²) in [4.78, 5) is 9.95. The predicted octanol–water partition coefficient (Wildman–Crippen LogP) is 2.04. The van der Waals surface area contributed by atoms with E-state index in [9.17, 15) is 0 Å². The van der Waals surface area contributed by atoms with E-state index in [1.807, 2.05) is 0 Å². The van der Waals surface area contributed by atoms with Crippen LogP contribution in [-0.4, -0.2) is 74.8 Å². The number of likely N-dealkylation sites (tertiary alicyclic amines) is 1. The minimum absolute atomic E-state index is 0.718. The van der Waals surface area contributed by atoms with Crippen LogP contribution in [0.2, 0.25) is 0 Å². The zero-order valence-corrected chi connectivity index (χ0v) is 15.4. The fourth-order valence-electron chi connectivity index (χ4n) is 3.51. The van der Waals surface area contributed by atoms with E-state index in [1.54, 1.807) is 0 Å². The topological polar surface area (TPSA) is 40.1 Å². The van der Waals surface area contributed by atoms with Gasteiger partial charge in [-0.25, -0.2) is 0 Å². The van der Waals surface area contributed by atoms with Crippen molar-refractivity contribution in [1.29, 1.82) is 0 Å². The van der Waals surface area contributed by atoms with E-state index in [4.69, 9.17) is 9.73 Å². The molecule has 0 bridgehead atoms. The van der Waals surface area contributed by atoms with Crippen molar-refractivity contribution >= 4 is 5.96 Å². The molecule has 2 heterocycles. The molecule has 5 heteroatoms. The van der Waals surface area contributed by atoms with Crippen LogP contribution >= 0.6 is 0 Å². The molecule has 0 saturated carbocycles. The summed E-state index contributed by atoms with van der Waals surface area (Å²) in [7, 11) is 0.